The molecule has 2 aromatic rings. The zero-order chi connectivity index (χ0) is 19.8. The summed E-state index contributed by atoms with van der Waals surface area (Å²) in [5.74, 6) is 1.78. The van der Waals surface area contributed by atoms with Crippen LogP contribution in [0.2, 0.25) is 0 Å². The van der Waals surface area contributed by atoms with Crippen LogP contribution in [0.15, 0.2) is 46.0 Å². The summed E-state index contributed by atoms with van der Waals surface area (Å²) >= 11 is 3.38. The van der Waals surface area contributed by atoms with Crippen LogP contribution in [0, 0.1) is 0 Å². The van der Waals surface area contributed by atoms with Gasteiger partial charge in [0, 0.05) is 11.6 Å². The Labute approximate surface area is 166 Å². The maximum Gasteiger partial charge on any atom is 0.280 e. The number of hydrogen-bond acceptors (Lipinski definition) is 6. The van der Waals surface area contributed by atoms with E-state index in [4.69, 9.17) is 18.9 Å². The van der Waals surface area contributed by atoms with E-state index in [0.29, 0.717) is 28.6 Å². The molecule has 1 N–H and O–H groups in total. The molecule has 0 aliphatic heterocycles. The summed E-state index contributed by atoms with van der Waals surface area (Å²) in [5, 5.41) is 3.97. The van der Waals surface area contributed by atoms with Gasteiger partial charge in [-0.05, 0) is 41.1 Å². The lowest BCUT2D eigenvalue weighted by Crippen LogP contribution is -2.33. The number of carbonyl (C=O) groups is 1. The lowest BCUT2D eigenvalue weighted by atomic mass is 10.2. The number of nitrogens with zero attached hydrogens (tertiary/aromatic N) is 1. The summed E-state index contributed by atoms with van der Waals surface area (Å²) < 4.78 is 22.2. The first-order chi connectivity index (χ1) is 13.0. The Morgan fingerprint density at radius 3 is 2.30 bits per heavy atom. The summed E-state index contributed by atoms with van der Waals surface area (Å²) in [6, 6.07) is 10.7. The van der Waals surface area contributed by atoms with E-state index >= 15 is 0 Å². The normalized spacial score (nSPS) is 11.7. The third-order valence-corrected chi connectivity index (χ3v) is 4.28. The van der Waals surface area contributed by atoms with E-state index in [2.05, 4.69) is 26.5 Å². The van der Waals surface area contributed by atoms with E-state index in [-0.39, 0.29) is 5.91 Å². The van der Waals surface area contributed by atoms with Crippen LogP contribution >= 0.6 is 15.9 Å². The van der Waals surface area contributed by atoms with Gasteiger partial charge in [-0.3, -0.25) is 4.79 Å². The summed E-state index contributed by atoms with van der Waals surface area (Å²) in [7, 11) is 4.61. The van der Waals surface area contributed by atoms with E-state index < -0.39 is 6.10 Å². The molecule has 0 fully saturated rings. The van der Waals surface area contributed by atoms with E-state index in [0.717, 1.165) is 4.47 Å². The molecule has 27 heavy (non-hydrogen) atoms. The van der Waals surface area contributed by atoms with Crippen molar-refractivity contribution in [1.29, 1.82) is 0 Å². The maximum atomic E-state index is 12.2. The predicted octanol–water partition coefficient (Wildman–Crippen LogP) is 3.39. The van der Waals surface area contributed by atoms with Crippen molar-refractivity contribution in [3.05, 3.63) is 46.4 Å². The average Bonchev–Trinajstić information content (AvgIpc) is 2.68. The molecule has 0 radical (unpaired) electrons. The Kier molecular flexibility index (Phi) is 7.48. The van der Waals surface area contributed by atoms with Crippen molar-refractivity contribution < 1.29 is 23.7 Å². The zero-order valence-corrected chi connectivity index (χ0v) is 17.1. The van der Waals surface area contributed by atoms with Crippen molar-refractivity contribution in [2.75, 3.05) is 21.3 Å². The minimum absolute atomic E-state index is 0.388. The van der Waals surface area contributed by atoms with Gasteiger partial charge in [-0.15, -0.1) is 0 Å². The summed E-state index contributed by atoms with van der Waals surface area (Å²) in [5.41, 5.74) is 3.07. The molecule has 1 amide bonds. The number of hydrogen-bond donors (Lipinski definition) is 1. The molecule has 0 heterocycles. The minimum atomic E-state index is -0.729. The fraction of sp³-hybridized carbons (Fsp3) is 0.263. The molecule has 1 atom stereocenters. The average molecular weight is 437 g/mol. The van der Waals surface area contributed by atoms with Gasteiger partial charge in [-0.25, -0.2) is 5.43 Å². The molecule has 144 valence electrons. The number of rotatable bonds is 8. The third kappa shape index (κ3) is 5.37. The van der Waals surface area contributed by atoms with Gasteiger partial charge in [0.2, 0.25) is 0 Å². The van der Waals surface area contributed by atoms with Crippen molar-refractivity contribution in [1.82, 2.24) is 5.43 Å². The van der Waals surface area contributed by atoms with E-state index in [1.165, 1.54) is 27.5 Å². The van der Waals surface area contributed by atoms with Crippen LogP contribution in [0.25, 0.3) is 0 Å². The zero-order valence-electron chi connectivity index (χ0n) is 15.5. The minimum Gasteiger partial charge on any atom is -0.496 e. The smallest absolute Gasteiger partial charge is 0.280 e. The summed E-state index contributed by atoms with van der Waals surface area (Å²) in [6.45, 7) is 1.64. The number of hydrazone groups is 1. The van der Waals surface area contributed by atoms with Crippen molar-refractivity contribution in [3.8, 4) is 23.0 Å². The van der Waals surface area contributed by atoms with Gasteiger partial charge < -0.3 is 18.9 Å². The van der Waals surface area contributed by atoms with Gasteiger partial charge in [-0.1, -0.05) is 12.1 Å². The molecule has 0 aliphatic carbocycles. The molecule has 0 saturated heterocycles. The Morgan fingerprint density at radius 2 is 1.67 bits per heavy atom. The van der Waals surface area contributed by atoms with Crippen LogP contribution in [0.3, 0.4) is 0 Å². The standard InChI is InChI=1S/C19H21BrN2O5/c1-12(27-15-8-6-5-7-14(15)20)19(23)22-21-11-13-9-17(25-3)18(26-4)10-16(13)24-2/h5-12H,1-4H3,(H,22,23)/b21-11-/t12-/m0/s1. The largest absolute Gasteiger partial charge is 0.496 e. The highest BCUT2D eigenvalue weighted by molar-refractivity contribution is 9.10. The Morgan fingerprint density at radius 1 is 1.04 bits per heavy atom. The predicted molar refractivity (Wildman–Crippen MR) is 106 cm³/mol. The van der Waals surface area contributed by atoms with Gasteiger partial charge in [0.1, 0.15) is 11.5 Å². The second kappa shape index (κ2) is 9.82. The first-order valence-corrected chi connectivity index (χ1v) is 8.83. The molecule has 0 saturated carbocycles. The maximum absolute atomic E-state index is 12.2. The van der Waals surface area contributed by atoms with Gasteiger partial charge >= 0.3 is 0 Å². The van der Waals surface area contributed by atoms with Crippen LogP contribution in [0.5, 0.6) is 23.0 Å². The highest BCUT2D eigenvalue weighted by Crippen LogP contribution is 2.33. The molecule has 8 heteroatoms. The molecule has 0 bridgehead atoms. The van der Waals surface area contributed by atoms with E-state index in [1.54, 1.807) is 25.1 Å². The molecule has 7 nitrogen and oxygen atoms in total. The first kappa shape index (κ1) is 20.6. The van der Waals surface area contributed by atoms with Crippen LogP contribution in [0.1, 0.15) is 12.5 Å². The van der Waals surface area contributed by atoms with Crippen LogP contribution in [0.4, 0.5) is 0 Å². The molecule has 0 spiro atoms. The van der Waals surface area contributed by atoms with Gasteiger partial charge in [0.15, 0.2) is 17.6 Å². The van der Waals surface area contributed by atoms with Gasteiger partial charge in [-0.2, -0.15) is 5.10 Å². The monoisotopic (exact) mass is 436 g/mol. The van der Waals surface area contributed by atoms with Crippen molar-refractivity contribution in [2.24, 2.45) is 5.10 Å². The fourth-order valence-corrected chi connectivity index (χ4v) is 2.57. The second-order valence-electron chi connectivity index (χ2n) is 5.37. The third-order valence-electron chi connectivity index (χ3n) is 3.62. The van der Waals surface area contributed by atoms with Crippen LogP contribution < -0.4 is 24.4 Å². The molecule has 0 aromatic heterocycles. The number of benzene rings is 2. The van der Waals surface area contributed by atoms with Crippen LogP contribution in [-0.4, -0.2) is 39.6 Å². The van der Waals surface area contributed by atoms with Gasteiger partial charge in [0.25, 0.3) is 5.91 Å². The van der Waals surface area contributed by atoms with E-state index in [1.807, 2.05) is 18.2 Å². The number of nitrogens with one attached hydrogen (secondary N) is 1. The number of carbonyl (C=O) groups excluding carboxylic acids is 1. The summed E-state index contributed by atoms with van der Waals surface area (Å²) in [6.07, 6.45) is 0.734. The van der Waals surface area contributed by atoms with Crippen molar-refractivity contribution in [2.45, 2.75) is 13.0 Å². The molecule has 0 aliphatic rings. The molecule has 2 rings (SSSR count). The first-order valence-electron chi connectivity index (χ1n) is 8.04. The molecular weight excluding hydrogens is 416 g/mol. The number of methoxy groups -OCH3 is 3. The van der Waals surface area contributed by atoms with Crippen LogP contribution in [-0.2, 0) is 4.79 Å². The highest BCUT2D eigenvalue weighted by atomic mass is 79.9. The Bertz CT molecular complexity index is 826. The number of halogens is 1. The summed E-state index contributed by atoms with van der Waals surface area (Å²) in [4.78, 5) is 12.2. The van der Waals surface area contributed by atoms with Crippen molar-refractivity contribution >= 4 is 28.1 Å². The highest BCUT2D eigenvalue weighted by Gasteiger charge is 2.15. The quantitative estimate of drug-likeness (QED) is 0.506. The molecule has 2 aromatic carbocycles. The van der Waals surface area contributed by atoms with Gasteiger partial charge in [0.05, 0.1) is 32.0 Å². The molecular formula is C19H21BrN2O5. The topological polar surface area (TPSA) is 78.4 Å². The number of amides is 1. The lowest BCUT2D eigenvalue weighted by molar-refractivity contribution is -0.127. The number of para-hydroxylation sites is 1. The lowest BCUT2D eigenvalue weighted by Gasteiger charge is -2.14. The van der Waals surface area contributed by atoms with Crippen molar-refractivity contribution in [3.63, 3.8) is 0 Å². The SMILES string of the molecule is COc1cc(OC)c(OC)cc1/C=N\NC(=O)[C@H](C)Oc1ccccc1Br. The second-order valence-corrected chi connectivity index (χ2v) is 6.23. The fourth-order valence-electron chi connectivity index (χ4n) is 2.19. The number of ether oxygens (including phenoxy) is 4. The Balaban J connectivity index is 2.06. The molecule has 0 unspecified atom stereocenters. The Hall–Kier alpha value is -2.74. The van der Waals surface area contributed by atoms with E-state index in [9.17, 15) is 4.79 Å².